The van der Waals surface area contributed by atoms with Crippen molar-refractivity contribution in [2.45, 2.75) is 6.92 Å². The summed E-state index contributed by atoms with van der Waals surface area (Å²) < 4.78 is 1.11. The van der Waals surface area contributed by atoms with Crippen LogP contribution in [0.3, 0.4) is 0 Å². The van der Waals surface area contributed by atoms with E-state index in [4.69, 9.17) is 11.6 Å². The highest BCUT2D eigenvalue weighted by Gasteiger charge is 2.20. The molecule has 6 heteroatoms. The molecule has 0 atom stereocenters. The first-order chi connectivity index (χ1) is 11.1. The normalized spacial score (nSPS) is 15.6. The fraction of sp³-hybridized carbons (Fsp3) is 0.294. The summed E-state index contributed by atoms with van der Waals surface area (Å²) in [4.78, 5) is 28.0. The molecule has 2 amide bonds. The van der Waals surface area contributed by atoms with E-state index in [9.17, 15) is 9.59 Å². The number of carbonyl (C=O) groups excluding carboxylic acids is 2. The maximum atomic E-state index is 12.3. The molecule has 1 fully saturated rings. The minimum Gasteiger partial charge on any atom is -0.339 e. The van der Waals surface area contributed by atoms with Gasteiger partial charge in [-0.15, -0.1) is 11.3 Å². The molecule has 1 saturated heterocycles. The third-order valence-corrected chi connectivity index (χ3v) is 5.63. The molecule has 4 nitrogen and oxygen atoms in total. The number of halogens is 1. The topological polar surface area (TPSA) is 40.6 Å². The Labute approximate surface area is 143 Å². The second-order valence-electron chi connectivity index (χ2n) is 5.44. The van der Waals surface area contributed by atoms with Gasteiger partial charge in [0.2, 0.25) is 11.8 Å². The Morgan fingerprint density at radius 1 is 1.13 bits per heavy atom. The Balaban J connectivity index is 1.68. The minimum absolute atomic E-state index is 0.0401. The van der Waals surface area contributed by atoms with Gasteiger partial charge >= 0.3 is 0 Å². The molecule has 0 aliphatic carbocycles. The number of amides is 2. The molecule has 120 valence electrons. The number of fused-ring (bicyclic) bond motifs is 1. The molecule has 0 radical (unpaired) electrons. The lowest BCUT2D eigenvalue weighted by Gasteiger charge is -2.33. The zero-order valence-corrected chi connectivity index (χ0v) is 14.4. The lowest BCUT2D eigenvalue weighted by Crippen LogP contribution is -2.49. The molecule has 0 unspecified atom stereocenters. The van der Waals surface area contributed by atoms with Gasteiger partial charge in [-0.05, 0) is 12.1 Å². The molecular weight excluding hydrogens is 332 g/mol. The van der Waals surface area contributed by atoms with Crippen molar-refractivity contribution in [2.24, 2.45) is 0 Å². The van der Waals surface area contributed by atoms with Gasteiger partial charge in [0, 0.05) is 54.1 Å². The van der Waals surface area contributed by atoms with E-state index in [1.807, 2.05) is 24.3 Å². The first-order valence-corrected chi connectivity index (χ1v) is 8.65. The number of thiophene rings is 1. The smallest absolute Gasteiger partial charge is 0.246 e. The van der Waals surface area contributed by atoms with Crippen LogP contribution in [0.15, 0.2) is 30.3 Å². The molecule has 1 aromatic heterocycles. The Hall–Kier alpha value is -1.85. The van der Waals surface area contributed by atoms with Gasteiger partial charge in [0.1, 0.15) is 0 Å². The Morgan fingerprint density at radius 2 is 1.78 bits per heavy atom. The van der Waals surface area contributed by atoms with Crippen molar-refractivity contribution in [3.8, 4) is 0 Å². The maximum Gasteiger partial charge on any atom is 0.246 e. The van der Waals surface area contributed by atoms with Crippen LogP contribution in [0.25, 0.3) is 16.2 Å². The number of piperazine rings is 1. The lowest BCUT2D eigenvalue weighted by atomic mass is 10.2. The maximum absolute atomic E-state index is 12.3. The van der Waals surface area contributed by atoms with Crippen molar-refractivity contribution in [3.05, 3.63) is 40.2 Å². The van der Waals surface area contributed by atoms with Crippen LogP contribution in [0, 0.1) is 0 Å². The lowest BCUT2D eigenvalue weighted by molar-refractivity contribution is -0.135. The predicted octanol–water partition coefficient (Wildman–Crippen LogP) is 3.26. The van der Waals surface area contributed by atoms with E-state index in [-0.39, 0.29) is 11.8 Å². The van der Waals surface area contributed by atoms with Crippen LogP contribution in [0.5, 0.6) is 0 Å². The molecule has 1 aliphatic rings. The van der Waals surface area contributed by atoms with E-state index in [0.29, 0.717) is 31.2 Å². The highest BCUT2D eigenvalue weighted by atomic mass is 35.5. The molecule has 1 aromatic carbocycles. The van der Waals surface area contributed by atoms with E-state index in [1.54, 1.807) is 40.2 Å². The van der Waals surface area contributed by atoms with E-state index in [2.05, 4.69) is 0 Å². The van der Waals surface area contributed by atoms with Crippen molar-refractivity contribution < 1.29 is 9.59 Å². The summed E-state index contributed by atoms with van der Waals surface area (Å²) in [6.45, 7) is 3.89. The van der Waals surface area contributed by atoms with Crippen molar-refractivity contribution in [3.63, 3.8) is 0 Å². The summed E-state index contributed by atoms with van der Waals surface area (Å²) in [6, 6.07) is 7.93. The van der Waals surface area contributed by atoms with E-state index >= 15 is 0 Å². The summed E-state index contributed by atoms with van der Waals surface area (Å²) in [6.07, 6.45) is 3.35. The summed E-state index contributed by atoms with van der Waals surface area (Å²) in [5.41, 5.74) is 0. The molecule has 2 aromatic rings. The van der Waals surface area contributed by atoms with Crippen molar-refractivity contribution in [1.82, 2.24) is 9.80 Å². The summed E-state index contributed by atoms with van der Waals surface area (Å²) in [7, 11) is 0. The van der Waals surface area contributed by atoms with Crippen LogP contribution in [0.1, 0.15) is 11.8 Å². The summed E-state index contributed by atoms with van der Waals surface area (Å²) in [5, 5.41) is 1.71. The predicted molar refractivity (Wildman–Crippen MR) is 94.7 cm³/mol. The average molecular weight is 349 g/mol. The molecule has 0 spiro atoms. The highest BCUT2D eigenvalue weighted by Crippen LogP contribution is 2.35. The van der Waals surface area contributed by atoms with Crippen LogP contribution in [-0.2, 0) is 9.59 Å². The zero-order chi connectivity index (χ0) is 16.4. The van der Waals surface area contributed by atoms with Crippen LogP contribution >= 0.6 is 22.9 Å². The van der Waals surface area contributed by atoms with E-state index < -0.39 is 0 Å². The second-order valence-corrected chi connectivity index (χ2v) is 6.90. The summed E-state index contributed by atoms with van der Waals surface area (Å²) in [5.74, 6) is 0.0198. The Bertz CT molecular complexity index is 776. The van der Waals surface area contributed by atoms with Gasteiger partial charge in [-0.25, -0.2) is 0 Å². The monoisotopic (exact) mass is 348 g/mol. The number of hydrogen-bond acceptors (Lipinski definition) is 3. The van der Waals surface area contributed by atoms with Gasteiger partial charge in [-0.1, -0.05) is 29.8 Å². The van der Waals surface area contributed by atoms with Gasteiger partial charge in [-0.2, -0.15) is 0 Å². The molecule has 23 heavy (non-hydrogen) atoms. The quantitative estimate of drug-likeness (QED) is 0.782. The third-order valence-electron chi connectivity index (χ3n) is 3.97. The number of nitrogens with zero attached hydrogens (tertiary/aromatic N) is 2. The third kappa shape index (κ3) is 3.41. The van der Waals surface area contributed by atoms with Crippen molar-refractivity contribution >= 4 is 50.9 Å². The molecule has 0 N–H and O–H groups in total. The van der Waals surface area contributed by atoms with Crippen LogP contribution in [0.2, 0.25) is 5.02 Å². The second kappa shape index (κ2) is 6.72. The van der Waals surface area contributed by atoms with Crippen LogP contribution in [0.4, 0.5) is 0 Å². The van der Waals surface area contributed by atoms with E-state index in [0.717, 1.165) is 15.0 Å². The Morgan fingerprint density at radius 3 is 2.43 bits per heavy atom. The molecule has 3 rings (SSSR count). The Kier molecular flexibility index (Phi) is 4.68. The molecule has 2 heterocycles. The van der Waals surface area contributed by atoms with Crippen LogP contribution < -0.4 is 0 Å². The summed E-state index contributed by atoms with van der Waals surface area (Å²) >= 11 is 7.94. The van der Waals surface area contributed by atoms with Gasteiger partial charge < -0.3 is 9.80 Å². The first-order valence-electron chi connectivity index (χ1n) is 7.46. The van der Waals surface area contributed by atoms with E-state index in [1.165, 1.54) is 0 Å². The standard InChI is InChI=1S/C17H17ClN2O2S/c1-12(21)19-8-10-20(11-9-19)16(22)7-6-15-17(18)13-4-2-3-5-14(13)23-15/h2-7H,8-11H2,1H3/b7-6+. The molecular formula is C17H17ClN2O2S. The number of hydrogen-bond donors (Lipinski definition) is 0. The first kappa shape index (κ1) is 16.0. The molecule has 0 saturated carbocycles. The van der Waals surface area contributed by atoms with Gasteiger partial charge in [0.15, 0.2) is 0 Å². The van der Waals surface area contributed by atoms with Gasteiger partial charge in [-0.3, -0.25) is 9.59 Å². The van der Waals surface area contributed by atoms with Crippen LogP contribution in [-0.4, -0.2) is 47.8 Å². The minimum atomic E-state index is -0.0401. The van der Waals surface area contributed by atoms with Gasteiger partial charge in [0.05, 0.1) is 5.02 Å². The fourth-order valence-corrected chi connectivity index (χ4v) is 4.03. The highest BCUT2D eigenvalue weighted by molar-refractivity contribution is 7.20. The van der Waals surface area contributed by atoms with Gasteiger partial charge in [0.25, 0.3) is 0 Å². The van der Waals surface area contributed by atoms with Crippen molar-refractivity contribution in [1.29, 1.82) is 0 Å². The largest absolute Gasteiger partial charge is 0.339 e. The average Bonchev–Trinajstić information content (AvgIpc) is 2.89. The molecule has 1 aliphatic heterocycles. The number of rotatable bonds is 2. The number of benzene rings is 1. The number of carbonyl (C=O) groups is 2. The zero-order valence-electron chi connectivity index (χ0n) is 12.8. The molecule has 0 bridgehead atoms. The SMILES string of the molecule is CC(=O)N1CCN(C(=O)/C=C/c2sc3ccccc3c2Cl)CC1. The van der Waals surface area contributed by atoms with Crippen molar-refractivity contribution in [2.75, 3.05) is 26.2 Å². The fourth-order valence-electron chi connectivity index (χ4n) is 2.63.